The number of tetrazole rings is 1. The Morgan fingerprint density at radius 1 is 1.10 bits per heavy atom. The van der Waals surface area contributed by atoms with Gasteiger partial charge in [0.1, 0.15) is 0 Å². The van der Waals surface area contributed by atoms with Gasteiger partial charge in [-0.15, -0.1) is 5.10 Å². The summed E-state index contributed by atoms with van der Waals surface area (Å²) in [5, 5.41) is 12.6. The predicted octanol–water partition coefficient (Wildman–Crippen LogP) is 3.94. The number of likely N-dealkylation sites (N-methyl/N-ethyl adjacent to an activating group) is 1. The fourth-order valence-electron chi connectivity index (χ4n) is 3.81. The number of fused-ring (bicyclic) bond motifs is 1. The van der Waals surface area contributed by atoms with Gasteiger partial charge in [0.25, 0.3) is 0 Å². The molecule has 1 aliphatic rings. The second-order valence-electron chi connectivity index (χ2n) is 7.65. The van der Waals surface area contributed by atoms with E-state index < -0.39 is 0 Å². The van der Waals surface area contributed by atoms with Gasteiger partial charge in [-0.25, -0.2) is 0 Å². The number of aromatic nitrogens is 4. The van der Waals surface area contributed by atoms with Crippen LogP contribution < -0.4 is 4.90 Å². The first-order chi connectivity index (χ1) is 13.9. The summed E-state index contributed by atoms with van der Waals surface area (Å²) in [6.07, 6.45) is 1.76. The number of ketones is 1. The van der Waals surface area contributed by atoms with Crippen LogP contribution in [0.2, 0.25) is 0 Å². The number of hydrogen-bond acceptors (Lipinski definition) is 6. The van der Waals surface area contributed by atoms with Gasteiger partial charge in [0.2, 0.25) is 5.16 Å². The zero-order valence-corrected chi connectivity index (χ0v) is 17.8. The van der Waals surface area contributed by atoms with Crippen molar-refractivity contribution in [3.05, 3.63) is 71.4 Å². The molecule has 1 aromatic heterocycles. The highest BCUT2D eigenvalue weighted by atomic mass is 32.2. The molecular weight excluding hydrogens is 382 g/mol. The first-order valence-corrected chi connectivity index (χ1v) is 10.4. The molecule has 0 radical (unpaired) electrons. The smallest absolute Gasteiger partial charge is 0.214 e. The topological polar surface area (TPSA) is 63.9 Å². The summed E-state index contributed by atoms with van der Waals surface area (Å²) in [6.45, 7) is 6.32. The Kier molecular flexibility index (Phi) is 5.00. The molecule has 1 aliphatic heterocycles. The van der Waals surface area contributed by atoms with Crippen LogP contribution in [0.3, 0.4) is 0 Å². The summed E-state index contributed by atoms with van der Waals surface area (Å²) in [7, 11) is 2.01. The van der Waals surface area contributed by atoms with Crippen molar-refractivity contribution in [2.45, 2.75) is 31.3 Å². The molecule has 148 valence electrons. The molecular formula is C22H23N5OS. The third kappa shape index (κ3) is 3.46. The fraction of sp³-hybridized carbons (Fsp3) is 0.273. The number of thioether (sulfide) groups is 1. The highest BCUT2D eigenvalue weighted by Gasteiger charge is 2.38. The van der Waals surface area contributed by atoms with Crippen molar-refractivity contribution in [1.29, 1.82) is 0 Å². The summed E-state index contributed by atoms with van der Waals surface area (Å²) in [5.74, 6) is 0.313. The third-order valence-electron chi connectivity index (χ3n) is 5.37. The Morgan fingerprint density at radius 2 is 1.79 bits per heavy atom. The summed E-state index contributed by atoms with van der Waals surface area (Å²) in [6, 6.07) is 16.2. The van der Waals surface area contributed by atoms with Crippen LogP contribution >= 0.6 is 11.8 Å². The number of nitrogens with zero attached hydrogens (tertiary/aromatic N) is 5. The van der Waals surface area contributed by atoms with Gasteiger partial charge < -0.3 is 4.90 Å². The quantitative estimate of drug-likeness (QED) is 0.473. The normalized spacial score (nSPS) is 16.3. The molecule has 7 heteroatoms. The first kappa shape index (κ1) is 19.4. The Balaban J connectivity index is 1.53. The maximum absolute atomic E-state index is 12.8. The Morgan fingerprint density at radius 3 is 2.52 bits per heavy atom. The molecule has 0 atom stereocenters. The molecule has 0 unspecified atom stereocenters. The van der Waals surface area contributed by atoms with Crippen LogP contribution in [0.15, 0.2) is 65.5 Å². The van der Waals surface area contributed by atoms with Crippen molar-refractivity contribution in [3.63, 3.8) is 0 Å². The summed E-state index contributed by atoms with van der Waals surface area (Å²) < 4.78 is 1.68. The second kappa shape index (κ2) is 7.48. The van der Waals surface area contributed by atoms with Crippen molar-refractivity contribution >= 4 is 23.2 Å². The van der Waals surface area contributed by atoms with Crippen LogP contribution in [0, 0.1) is 6.92 Å². The maximum Gasteiger partial charge on any atom is 0.214 e. The lowest BCUT2D eigenvalue weighted by Crippen LogP contribution is -2.24. The van der Waals surface area contributed by atoms with Gasteiger partial charge in [-0.3, -0.25) is 4.79 Å². The van der Waals surface area contributed by atoms with Crippen LogP contribution in [0.1, 0.15) is 25.0 Å². The average molecular weight is 406 g/mol. The molecule has 0 bridgehead atoms. The van der Waals surface area contributed by atoms with Crippen LogP contribution in [0.25, 0.3) is 5.69 Å². The Bertz CT molecular complexity index is 1100. The van der Waals surface area contributed by atoms with Crippen LogP contribution in [-0.4, -0.2) is 38.8 Å². The SMILES string of the molecule is Cc1ccccc1-n1nnnc1SCC(=O)/C=C1\N(C)c2ccccc2C1(C)C. The predicted molar refractivity (Wildman–Crippen MR) is 116 cm³/mol. The molecule has 2 heterocycles. The number of rotatable bonds is 5. The van der Waals surface area contributed by atoms with Crippen molar-refractivity contribution in [2.24, 2.45) is 0 Å². The molecule has 6 nitrogen and oxygen atoms in total. The van der Waals surface area contributed by atoms with Crippen LogP contribution in [0.5, 0.6) is 0 Å². The average Bonchev–Trinajstić information content (AvgIpc) is 3.24. The van der Waals surface area contributed by atoms with E-state index in [0.717, 1.165) is 22.6 Å². The number of benzene rings is 2. The maximum atomic E-state index is 12.8. The number of hydrogen-bond donors (Lipinski definition) is 0. The number of anilines is 1. The van der Waals surface area contributed by atoms with Crippen LogP contribution in [-0.2, 0) is 10.2 Å². The number of carbonyl (C=O) groups excluding carboxylic acids is 1. The monoisotopic (exact) mass is 405 g/mol. The van der Waals surface area contributed by atoms with Gasteiger partial charge in [0, 0.05) is 29.9 Å². The van der Waals surface area contributed by atoms with E-state index in [-0.39, 0.29) is 17.0 Å². The van der Waals surface area contributed by atoms with Crippen molar-refractivity contribution < 1.29 is 4.79 Å². The molecule has 4 rings (SSSR count). The summed E-state index contributed by atoms with van der Waals surface area (Å²) in [4.78, 5) is 14.9. The van der Waals surface area contributed by atoms with Gasteiger partial charge in [0.05, 0.1) is 11.4 Å². The zero-order valence-electron chi connectivity index (χ0n) is 17.0. The van der Waals surface area contributed by atoms with Gasteiger partial charge in [-0.05, 0) is 40.6 Å². The molecule has 0 amide bonds. The highest BCUT2D eigenvalue weighted by Crippen LogP contribution is 2.46. The number of allylic oxidation sites excluding steroid dienone is 2. The lowest BCUT2D eigenvalue weighted by Gasteiger charge is -2.23. The van der Waals surface area contributed by atoms with Crippen molar-refractivity contribution in [2.75, 3.05) is 17.7 Å². The zero-order chi connectivity index (χ0) is 20.6. The van der Waals surface area contributed by atoms with Gasteiger partial charge in [0.15, 0.2) is 5.78 Å². The lowest BCUT2D eigenvalue weighted by molar-refractivity contribution is -0.112. The van der Waals surface area contributed by atoms with Crippen LogP contribution in [0.4, 0.5) is 5.69 Å². The second-order valence-corrected chi connectivity index (χ2v) is 8.59. The minimum Gasteiger partial charge on any atom is -0.347 e. The minimum absolute atomic E-state index is 0.0389. The largest absolute Gasteiger partial charge is 0.347 e. The van der Waals surface area contributed by atoms with E-state index in [4.69, 9.17) is 0 Å². The Labute approximate surface area is 174 Å². The number of aryl methyl sites for hydroxylation is 1. The first-order valence-electron chi connectivity index (χ1n) is 9.45. The van der Waals surface area contributed by atoms with E-state index in [1.807, 2.05) is 50.4 Å². The van der Waals surface area contributed by atoms with E-state index in [9.17, 15) is 4.79 Å². The van der Waals surface area contributed by atoms with Gasteiger partial charge >= 0.3 is 0 Å². The molecule has 0 spiro atoms. The molecule has 0 N–H and O–H groups in total. The standard InChI is InChI=1S/C22H23N5OS/c1-15-9-5-7-11-18(15)27-21(23-24-25-27)29-14-16(28)13-20-22(2,3)17-10-6-8-12-19(17)26(20)4/h5-13H,14H2,1-4H3/b20-13-. The molecule has 29 heavy (non-hydrogen) atoms. The van der Waals surface area contributed by atoms with E-state index in [1.165, 1.54) is 17.3 Å². The Hall–Kier alpha value is -2.93. The minimum atomic E-state index is -0.214. The van der Waals surface area contributed by atoms with E-state index in [0.29, 0.717) is 5.16 Å². The highest BCUT2D eigenvalue weighted by molar-refractivity contribution is 7.99. The van der Waals surface area contributed by atoms with Crippen molar-refractivity contribution in [1.82, 2.24) is 20.2 Å². The fourth-order valence-corrected chi connectivity index (χ4v) is 4.52. The lowest BCUT2D eigenvalue weighted by atomic mass is 9.83. The van der Waals surface area contributed by atoms with Gasteiger partial charge in [-0.1, -0.05) is 62.0 Å². The summed E-state index contributed by atoms with van der Waals surface area (Å²) in [5.41, 5.74) is 5.15. The third-order valence-corrected chi connectivity index (χ3v) is 6.31. The number of para-hydroxylation sites is 2. The van der Waals surface area contributed by atoms with E-state index in [2.05, 4.69) is 46.4 Å². The summed E-state index contributed by atoms with van der Waals surface area (Å²) >= 11 is 1.35. The van der Waals surface area contributed by atoms with E-state index in [1.54, 1.807) is 10.8 Å². The molecule has 0 aliphatic carbocycles. The van der Waals surface area contributed by atoms with E-state index >= 15 is 0 Å². The number of carbonyl (C=O) groups is 1. The molecule has 0 saturated carbocycles. The molecule has 0 fully saturated rings. The molecule has 0 saturated heterocycles. The van der Waals surface area contributed by atoms with Crippen molar-refractivity contribution in [3.8, 4) is 5.69 Å². The van der Waals surface area contributed by atoms with Gasteiger partial charge in [-0.2, -0.15) is 4.68 Å². The molecule has 2 aromatic carbocycles. The molecule has 3 aromatic rings.